The van der Waals surface area contributed by atoms with Gasteiger partial charge in [0.1, 0.15) is 18.0 Å². The van der Waals surface area contributed by atoms with Gasteiger partial charge in [0.2, 0.25) is 0 Å². The van der Waals surface area contributed by atoms with E-state index in [-0.39, 0.29) is 47.9 Å². The number of nitroso groups, excluding NO2 is 1. The molecule has 1 amide bonds. The fourth-order valence-electron chi connectivity index (χ4n) is 3.22. The number of ether oxygens (including phenoxy) is 1. The molecule has 1 aliphatic heterocycles. The van der Waals surface area contributed by atoms with Crippen molar-refractivity contribution in [3.63, 3.8) is 0 Å². The van der Waals surface area contributed by atoms with Crippen LogP contribution in [0.1, 0.15) is 36.5 Å². The second-order valence-corrected chi connectivity index (χ2v) is 6.60. The zero-order valence-electron chi connectivity index (χ0n) is 16.4. The van der Waals surface area contributed by atoms with Gasteiger partial charge in [-0.25, -0.2) is 0 Å². The SMILES string of the molecule is C=C/C=N\C(CO)=C(/C)C(=O)N1CCCC[C@H]1COc1cccc(N=O)c1C=O. The lowest BCUT2D eigenvalue weighted by Gasteiger charge is -2.36. The maximum absolute atomic E-state index is 13.0. The van der Waals surface area contributed by atoms with Gasteiger partial charge in [0, 0.05) is 18.3 Å². The Kier molecular flexibility index (Phi) is 8.42. The van der Waals surface area contributed by atoms with E-state index in [4.69, 9.17) is 4.74 Å². The highest BCUT2D eigenvalue weighted by atomic mass is 16.5. The zero-order valence-corrected chi connectivity index (χ0v) is 16.4. The van der Waals surface area contributed by atoms with Crippen LogP contribution in [0.3, 0.4) is 0 Å². The number of aliphatic hydroxyl groups is 1. The highest BCUT2D eigenvalue weighted by Gasteiger charge is 2.29. The summed E-state index contributed by atoms with van der Waals surface area (Å²) in [7, 11) is 0. The summed E-state index contributed by atoms with van der Waals surface area (Å²) in [6.45, 7) is 5.54. The molecule has 0 bridgehead atoms. The Labute approximate surface area is 169 Å². The molecule has 1 aromatic rings. The Bertz CT molecular complexity index is 832. The van der Waals surface area contributed by atoms with E-state index in [0.29, 0.717) is 18.4 Å². The van der Waals surface area contributed by atoms with E-state index >= 15 is 0 Å². The molecule has 8 nitrogen and oxygen atoms in total. The zero-order chi connectivity index (χ0) is 21.2. The number of piperidine rings is 1. The van der Waals surface area contributed by atoms with Crippen LogP contribution in [0.15, 0.2) is 52.3 Å². The first kappa shape index (κ1) is 22.2. The highest BCUT2D eigenvalue weighted by molar-refractivity contribution is 5.94. The Hall–Kier alpha value is -3.13. The third-order valence-corrected chi connectivity index (χ3v) is 4.82. The molecule has 0 aromatic heterocycles. The number of aliphatic imine (C=N–C) groups is 1. The summed E-state index contributed by atoms with van der Waals surface area (Å²) in [6, 6.07) is 4.41. The number of rotatable bonds is 9. The molecule has 1 atom stereocenters. The molecule has 0 unspecified atom stereocenters. The van der Waals surface area contributed by atoms with E-state index in [1.807, 2.05) is 0 Å². The number of hydrogen-bond donors (Lipinski definition) is 1. The van der Waals surface area contributed by atoms with Crippen LogP contribution in [-0.2, 0) is 4.79 Å². The summed E-state index contributed by atoms with van der Waals surface area (Å²) in [5, 5.41) is 12.4. The fourth-order valence-corrected chi connectivity index (χ4v) is 3.22. The van der Waals surface area contributed by atoms with Crippen molar-refractivity contribution in [3.05, 3.63) is 52.6 Å². The molecular formula is C21H25N3O5. The average Bonchev–Trinajstić information content (AvgIpc) is 2.77. The third-order valence-electron chi connectivity index (χ3n) is 4.82. The molecule has 0 radical (unpaired) electrons. The van der Waals surface area contributed by atoms with Gasteiger partial charge in [-0.2, -0.15) is 0 Å². The molecule has 1 fully saturated rings. The van der Waals surface area contributed by atoms with Crippen molar-refractivity contribution in [2.24, 2.45) is 10.2 Å². The lowest BCUT2D eigenvalue weighted by atomic mass is 10.0. The molecule has 1 saturated heterocycles. The first-order valence-electron chi connectivity index (χ1n) is 9.38. The van der Waals surface area contributed by atoms with Crippen molar-refractivity contribution in [1.29, 1.82) is 0 Å². The van der Waals surface area contributed by atoms with Gasteiger partial charge in [-0.15, -0.1) is 4.91 Å². The molecule has 29 heavy (non-hydrogen) atoms. The molecule has 1 N–H and O–H groups in total. The van der Waals surface area contributed by atoms with E-state index in [1.54, 1.807) is 24.0 Å². The van der Waals surface area contributed by atoms with Gasteiger partial charge in [0.25, 0.3) is 5.91 Å². The summed E-state index contributed by atoms with van der Waals surface area (Å²) in [5.41, 5.74) is 0.750. The van der Waals surface area contributed by atoms with Crippen LogP contribution >= 0.6 is 0 Å². The second-order valence-electron chi connectivity index (χ2n) is 6.60. The van der Waals surface area contributed by atoms with Gasteiger partial charge in [0.15, 0.2) is 6.29 Å². The lowest BCUT2D eigenvalue weighted by molar-refractivity contribution is -0.131. The van der Waals surface area contributed by atoms with Gasteiger partial charge >= 0.3 is 0 Å². The quantitative estimate of drug-likeness (QED) is 0.297. The molecule has 8 heteroatoms. The molecule has 1 aromatic carbocycles. The summed E-state index contributed by atoms with van der Waals surface area (Å²) < 4.78 is 5.79. The topological polar surface area (TPSA) is 109 Å². The minimum Gasteiger partial charge on any atom is -0.491 e. The number of carbonyl (C=O) groups is 2. The fraction of sp³-hybridized carbons (Fsp3) is 0.381. The maximum Gasteiger partial charge on any atom is 0.251 e. The first-order valence-corrected chi connectivity index (χ1v) is 9.38. The molecule has 0 spiro atoms. The monoisotopic (exact) mass is 399 g/mol. The van der Waals surface area contributed by atoms with Crippen molar-refractivity contribution in [2.75, 3.05) is 19.8 Å². The maximum atomic E-state index is 13.0. The molecule has 154 valence electrons. The molecule has 1 heterocycles. The van der Waals surface area contributed by atoms with Crippen molar-refractivity contribution < 1.29 is 19.4 Å². The van der Waals surface area contributed by atoms with Crippen LogP contribution in [0.5, 0.6) is 5.75 Å². The Morgan fingerprint density at radius 2 is 2.21 bits per heavy atom. The van der Waals surface area contributed by atoms with E-state index < -0.39 is 0 Å². The summed E-state index contributed by atoms with van der Waals surface area (Å²) in [6.07, 6.45) is 5.98. The highest BCUT2D eigenvalue weighted by Crippen LogP contribution is 2.28. The van der Waals surface area contributed by atoms with E-state index in [0.717, 1.165) is 19.3 Å². The molecule has 0 aliphatic carbocycles. The average molecular weight is 399 g/mol. The van der Waals surface area contributed by atoms with Gasteiger partial charge in [-0.05, 0) is 43.5 Å². The summed E-state index contributed by atoms with van der Waals surface area (Å²) >= 11 is 0. The number of nitrogens with zero attached hydrogens (tertiary/aromatic N) is 3. The van der Waals surface area contributed by atoms with Crippen LogP contribution < -0.4 is 4.74 Å². The molecule has 2 rings (SSSR count). The number of amides is 1. The van der Waals surface area contributed by atoms with Gasteiger partial charge in [-0.3, -0.25) is 14.6 Å². The molecule has 1 aliphatic rings. The number of hydrogen-bond acceptors (Lipinski definition) is 7. The van der Waals surface area contributed by atoms with Crippen molar-refractivity contribution in [2.45, 2.75) is 32.2 Å². The number of likely N-dealkylation sites (tertiary alicyclic amines) is 1. The van der Waals surface area contributed by atoms with E-state index in [2.05, 4.69) is 16.7 Å². The number of benzene rings is 1. The summed E-state index contributed by atoms with van der Waals surface area (Å²) in [4.78, 5) is 41.0. The number of carbonyl (C=O) groups excluding carboxylic acids is 2. The molecular weight excluding hydrogens is 374 g/mol. The second kappa shape index (κ2) is 11.0. The van der Waals surface area contributed by atoms with Crippen LogP contribution in [-0.4, -0.2) is 54.2 Å². The lowest BCUT2D eigenvalue weighted by Crippen LogP contribution is -2.47. The van der Waals surface area contributed by atoms with Gasteiger partial charge in [-0.1, -0.05) is 18.7 Å². The van der Waals surface area contributed by atoms with Gasteiger partial charge < -0.3 is 14.7 Å². The standard InChI is InChI=1S/C21H25N3O5/c1-3-10-22-19(13-26)15(2)21(27)24-11-5-4-7-16(24)14-29-20-9-6-8-18(23-28)17(20)12-25/h3,6,8-10,12,16,26H,1,4-5,7,11,13-14H2,2H3/b19-15+,22-10-/t16-/m0/s1. The van der Waals surface area contributed by atoms with Crippen LogP contribution in [0.4, 0.5) is 5.69 Å². The summed E-state index contributed by atoms with van der Waals surface area (Å²) in [5.74, 6) is 0.0384. The number of aldehydes is 1. The van der Waals surface area contributed by atoms with Crippen LogP contribution in [0, 0.1) is 4.91 Å². The minimum atomic E-state index is -0.356. The first-order chi connectivity index (χ1) is 14.1. The Morgan fingerprint density at radius 1 is 1.41 bits per heavy atom. The number of allylic oxidation sites excluding steroid dienone is 1. The Balaban J connectivity index is 2.20. The van der Waals surface area contributed by atoms with Crippen molar-refractivity contribution in [1.82, 2.24) is 4.90 Å². The van der Waals surface area contributed by atoms with Gasteiger partial charge in [0.05, 0.1) is 23.9 Å². The largest absolute Gasteiger partial charge is 0.491 e. The predicted molar refractivity (Wildman–Crippen MR) is 111 cm³/mol. The normalized spacial score (nSPS) is 17.6. The van der Waals surface area contributed by atoms with Crippen molar-refractivity contribution in [3.8, 4) is 5.75 Å². The van der Waals surface area contributed by atoms with E-state index in [1.165, 1.54) is 18.4 Å². The smallest absolute Gasteiger partial charge is 0.251 e. The third kappa shape index (κ3) is 5.45. The number of aliphatic hydroxyl groups excluding tert-OH is 1. The van der Waals surface area contributed by atoms with Crippen LogP contribution in [0.2, 0.25) is 0 Å². The van der Waals surface area contributed by atoms with Crippen LogP contribution in [0.25, 0.3) is 0 Å². The van der Waals surface area contributed by atoms with E-state index in [9.17, 15) is 19.6 Å². The minimum absolute atomic E-state index is 0.0144. The predicted octanol–water partition coefficient (Wildman–Crippen LogP) is 3.18. The van der Waals surface area contributed by atoms with Crippen molar-refractivity contribution >= 4 is 24.1 Å². The molecule has 0 saturated carbocycles. The Morgan fingerprint density at radius 3 is 2.86 bits per heavy atom.